The van der Waals surface area contributed by atoms with Crippen LogP contribution in [-0.4, -0.2) is 37.4 Å². The maximum atomic E-state index is 11.6. The highest BCUT2D eigenvalue weighted by atomic mass is 16.1. The molecule has 0 unspecified atom stereocenters. The third-order valence-electron chi connectivity index (χ3n) is 2.57. The molecule has 0 amide bonds. The number of Topliss-reactive ketones (excluding diaryl/α,β-unsaturated/α-hetero) is 1. The number of rotatable bonds is 8. The van der Waals surface area contributed by atoms with Crippen molar-refractivity contribution in [2.75, 3.05) is 26.7 Å². The van der Waals surface area contributed by atoms with Gasteiger partial charge in [0, 0.05) is 19.5 Å². The van der Waals surface area contributed by atoms with E-state index in [0.717, 1.165) is 19.6 Å². The Morgan fingerprint density at radius 3 is 2.65 bits per heavy atom. The highest BCUT2D eigenvalue weighted by Crippen LogP contribution is 2.02. The second-order valence-corrected chi connectivity index (χ2v) is 4.30. The van der Waals surface area contributed by atoms with E-state index < -0.39 is 0 Å². The molecule has 3 heteroatoms. The first-order chi connectivity index (χ1) is 8.22. The lowest BCUT2D eigenvalue weighted by atomic mass is 10.2. The van der Waals surface area contributed by atoms with Gasteiger partial charge in [-0.2, -0.15) is 0 Å². The number of nitrogens with one attached hydrogen (secondary N) is 1. The van der Waals surface area contributed by atoms with Gasteiger partial charge in [0.25, 0.3) is 0 Å². The standard InChI is InChI=1S/C14H22N2O/c1-3-15-10-9-14(17)12-16(2)11-13-7-5-4-6-8-13/h4-8,15H,3,9-12H2,1-2H3. The Morgan fingerprint density at radius 2 is 2.00 bits per heavy atom. The number of nitrogens with zero attached hydrogens (tertiary/aromatic N) is 1. The van der Waals surface area contributed by atoms with Crippen LogP contribution >= 0.6 is 0 Å². The SMILES string of the molecule is CCNCCC(=O)CN(C)Cc1ccccc1. The zero-order chi connectivity index (χ0) is 12.5. The fraction of sp³-hybridized carbons (Fsp3) is 0.500. The van der Waals surface area contributed by atoms with E-state index in [0.29, 0.717) is 18.7 Å². The minimum absolute atomic E-state index is 0.296. The van der Waals surface area contributed by atoms with Gasteiger partial charge in [-0.25, -0.2) is 0 Å². The van der Waals surface area contributed by atoms with Crippen LogP contribution in [0.2, 0.25) is 0 Å². The van der Waals surface area contributed by atoms with Crippen molar-refractivity contribution in [1.29, 1.82) is 0 Å². The quantitative estimate of drug-likeness (QED) is 0.695. The number of hydrogen-bond donors (Lipinski definition) is 1. The number of ketones is 1. The number of likely N-dealkylation sites (N-methyl/N-ethyl adjacent to an activating group) is 1. The summed E-state index contributed by atoms with van der Waals surface area (Å²) in [6.07, 6.45) is 0.618. The van der Waals surface area contributed by atoms with E-state index in [1.54, 1.807) is 0 Å². The van der Waals surface area contributed by atoms with E-state index in [1.807, 2.05) is 32.2 Å². The van der Waals surface area contributed by atoms with Crippen molar-refractivity contribution in [2.24, 2.45) is 0 Å². The maximum Gasteiger partial charge on any atom is 0.148 e. The Hall–Kier alpha value is -1.19. The maximum absolute atomic E-state index is 11.6. The molecule has 0 aromatic heterocycles. The summed E-state index contributed by atoms with van der Waals surface area (Å²) in [5.74, 6) is 0.296. The molecule has 94 valence electrons. The lowest BCUT2D eigenvalue weighted by Crippen LogP contribution is -2.28. The molecule has 0 aliphatic carbocycles. The van der Waals surface area contributed by atoms with E-state index in [1.165, 1.54) is 5.56 Å². The average molecular weight is 234 g/mol. The molecule has 0 heterocycles. The van der Waals surface area contributed by atoms with Gasteiger partial charge in [0.2, 0.25) is 0 Å². The number of hydrogen-bond acceptors (Lipinski definition) is 3. The molecule has 0 saturated heterocycles. The summed E-state index contributed by atoms with van der Waals surface area (Å²) in [6.45, 7) is 5.11. The Labute approximate surface area is 104 Å². The molecule has 0 spiro atoms. The molecule has 0 saturated carbocycles. The molecule has 3 nitrogen and oxygen atoms in total. The normalized spacial score (nSPS) is 10.8. The summed E-state index contributed by atoms with van der Waals surface area (Å²) in [5, 5.41) is 3.16. The molecule has 0 aliphatic rings. The van der Waals surface area contributed by atoms with Gasteiger partial charge in [-0.05, 0) is 19.2 Å². The number of carbonyl (C=O) groups is 1. The minimum atomic E-state index is 0.296. The summed E-state index contributed by atoms with van der Waals surface area (Å²) >= 11 is 0. The fourth-order valence-corrected chi connectivity index (χ4v) is 1.74. The van der Waals surface area contributed by atoms with Gasteiger partial charge in [-0.1, -0.05) is 37.3 Å². The predicted molar refractivity (Wildman–Crippen MR) is 70.9 cm³/mol. The highest BCUT2D eigenvalue weighted by molar-refractivity contribution is 5.80. The van der Waals surface area contributed by atoms with E-state index in [-0.39, 0.29) is 0 Å². The van der Waals surface area contributed by atoms with Crippen molar-refractivity contribution in [3.8, 4) is 0 Å². The van der Waals surface area contributed by atoms with E-state index in [9.17, 15) is 4.79 Å². The van der Waals surface area contributed by atoms with Crippen LogP contribution in [0.4, 0.5) is 0 Å². The summed E-state index contributed by atoms with van der Waals surface area (Å²) < 4.78 is 0. The van der Waals surface area contributed by atoms with E-state index in [2.05, 4.69) is 22.3 Å². The second kappa shape index (κ2) is 7.98. The summed E-state index contributed by atoms with van der Waals surface area (Å²) in [5.41, 5.74) is 1.24. The van der Waals surface area contributed by atoms with Crippen LogP contribution in [0.3, 0.4) is 0 Å². The van der Waals surface area contributed by atoms with Crippen molar-refractivity contribution in [3.63, 3.8) is 0 Å². The Bertz CT molecular complexity index is 324. The van der Waals surface area contributed by atoms with Crippen LogP contribution in [0.25, 0.3) is 0 Å². The van der Waals surface area contributed by atoms with Gasteiger partial charge in [0.05, 0.1) is 6.54 Å². The van der Waals surface area contributed by atoms with Crippen molar-refractivity contribution in [1.82, 2.24) is 10.2 Å². The first-order valence-electron chi connectivity index (χ1n) is 6.17. The lowest BCUT2D eigenvalue weighted by Gasteiger charge is -2.15. The summed E-state index contributed by atoms with van der Waals surface area (Å²) in [7, 11) is 1.98. The van der Waals surface area contributed by atoms with E-state index in [4.69, 9.17) is 0 Å². The molecular weight excluding hydrogens is 212 g/mol. The molecule has 1 aromatic rings. The predicted octanol–water partition coefficient (Wildman–Crippen LogP) is 1.69. The molecule has 0 fully saturated rings. The number of benzene rings is 1. The molecule has 1 rings (SSSR count). The highest BCUT2D eigenvalue weighted by Gasteiger charge is 2.06. The number of carbonyl (C=O) groups excluding carboxylic acids is 1. The fourth-order valence-electron chi connectivity index (χ4n) is 1.74. The topological polar surface area (TPSA) is 32.3 Å². The largest absolute Gasteiger partial charge is 0.317 e. The molecule has 0 atom stereocenters. The molecular formula is C14H22N2O. The molecule has 17 heavy (non-hydrogen) atoms. The van der Waals surface area contributed by atoms with Gasteiger partial charge in [-0.3, -0.25) is 9.69 Å². The van der Waals surface area contributed by atoms with Crippen LogP contribution in [0.15, 0.2) is 30.3 Å². The third-order valence-corrected chi connectivity index (χ3v) is 2.57. The Balaban J connectivity index is 2.25. The third kappa shape index (κ3) is 6.19. The monoisotopic (exact) mass is 234 g/mol. The van der Waals surface area contributed by atoms with E-state index >= 15 is 0 Å². The van der Waals surface area contributed by atoms with Gasteiger partial charge in [0.1, 0.15) is 5.78 Å². The smallest absolute Gasteiger partial charge is 0.148 e. The Kier molecular flexibility index (Phi) is 6.51. The minimum Gasteiger partial charge on any atom is -0.317 e. The van der Waals surface area contributed by atoms with Crippen molar-refractivity contribution in [3.05, 3.63) is 35.9 Å². The summed E-state index contributed by atoms with van der Waals surface area (Å²) in [4.78, 5) is 13.7. The van der Waals surface area contributed by atoms with Crippen LogP contribution in [0.5, 0.6) is 0 Å². The average Bonchev–Trinajstić information content (AvgIpc) is 2.30. The first kappa shape index (κ1) is 13.9. The van der Waals surface area contributed by atoms with Gasteiger partial charge >= 0.3 is 0 Å². The van der Waals surface area contributed by atoms with Crippen molar-refractivity contribution < 1.29 is 4.79 Å². The van der Waals surface area contributed by atoms with Crippen molar-refractivity contribution >= 4 is 5.78 Å². The molecule has 0 bridgehead atoms. The van der Waals surface area contributed by atoms with Crippen LogP contribution in [0.1, 0.15) is 18.9 Å². The summed E-state index contributed by atoms with van der Waals surface area (Å²) in [6, 6.07) is 10.2. The first-order valence-corrected chi connectivity index (χ1v) is 6.17. The molecule has 0 radical (unpaired) electrons. The molecule has 1 N–H and O–H groups in total. The van der Waals surface area contributed by atoms with Gasteiger partial charge < -0.3 is 5.32 Å². The zero-order valence-electron chi connectivity index (χ0n) is 10.8. The van der Waals surface area contributed by atoms with Crippen LogP contribution < -0.4 is 5.32 Å². The van der Waals surface area contributed by atoms with Crippen LogP contribution in [-0.2, 0) is 11.3 Å². The second-order valence-electron chi connectivity index (χ2n) is 4.30. The Morgan fingerprint density at radius 1 is 1.29 bits per heavy atom. The molecule has 1 aromatic carbocycles. The van der Waals surface area contributed by atoms with Crippen molar-refractivity contribution in [2.45, 2.75) is 19.9 Å². The van der Waals surface area contributed by atoms with Gasteiger partial charge in [0.15, 0.2) is 0 Å². The van der Waals surface area contributed by atoms with Crippen LogP contribution in [0, 0.1) is 0 Å². The molecule has 0 aliphatic heterocycles. The van der Waals surface area contributed by atoms with Gasteiger partial charge in [-0.15, -0.1) is 0 Å². The zero-order valence-corrected chi connectivity index (χ0v) is 10.8. The lowest BCUT2D eigenvalue weighted by molar-refractivity contribution is -0.119.